The summed E-state index contributed by atoms with van der Waals surface area (Å²) in [5, 5.41) is 4.02. The Balaban J connectivity index is 1.71. The smallest absolute Gasteiger partial charge is 0.234 e. The number of piperazine rings is 1. The normalized spacial score (nSPS) is 16.5. The van der Waals surface area contributed by atoms with E-state index in [0.29, 0.717) is 29.7 Å². The number of benzene rings is 1. The molecule has 23 heavy (non-hydrogen) atoms. The van der Waals surface area contributed by atoms with Gasteiger partial charge in [-0.05, 0) is 17.7 Å². The van der Waals surface area contributed by atoms with E-state index in [1.54, 1.807) is 7.11 Å². The fraction of sp³-hybridized carbons (Fsp3) is 0.562. The number of methoxy groups -OCH3 is 1. The van der Waals surface area contributed by atoms with Crippen molar-refractivity contribution >= 4 is 29.1 Å². The van der Waals surface area contributed by atoms with Gasteiger partial charge in [0, 0.05) is 46.4 Å². The highest BCUT2D eigenvalue weighted by molar-refractivity contribution is 6.42. The molecule has 1 aliphatic rings. The van der Waals surface area contributed by atoms with Gasteiger partial charge in [0.2, 0.25) is 5.91 Å². The molecular weight excluding hydrogens is 337 g/mol. The average Bonchev–Trinajstić information content (AvgIpc) is 2.53. The van der Waals surface area contributed by atoms with Crippen LogP contribution in [-0.2, 0) is 16.1 Å². The van der Waals surface area contributed by atoms with Crippen LogP contribution >= 0.6 is 23.2 Å². The lowest BCUT2D eigenvalue weighted by Gasteiger charge is -2.34. The fourth-order valence-corrected chi connectivity index (χ4v) is 2.87. The Kier molecular flexibility index (Phi) is 7.59. The highest BCUT2D eigenvalue weighted by atomic mass is 35.5. The van der Waals surface area contributed by atoms with E-state index < -0.39 is 0 Å². The van der Waals surface area contributed by atoms with Crippen LogP contribution in [0.4, 0.5) is 0 Å². The summed E-state index contributed by atoms with van der Waals surface area (Å²) < 4.78 is 4.92. The maximum atomic E-state index is 11.8. The summed E-state index contributed by atoms with van der Waals surface area (Å²) in [4.78, 5) is 16.3. The van der Waals surface area contributed by atoms with Gasteiger partial charge in [0.25, 0.3) is 0 Å². The number of rotatable bonds is 7. The van der Waals surface area contributed by atoms with Gasteiger partial charge in [-0.15, -0.1) is 0 Å². The Labute approximate surface area is 147 Å². The molecule has 0 radical (unpaired) electrons. The second-order valence-corrected chi connectivity index (χ2v) is 6.46. The van der Waals surface area contributed by atoms with Gasteiger partial charge in [0.15, 0.2) is 0 Å². The summed E-state index contributed by atoms with van der Waals surface area (Å²) >= 11 is 12.0. The Hall–Kier alpha value is -0.850. The van der Waals surface area contributed by atoms with Crippen LogP contribution in [0.2, 0.25) is 10.0 Å². The lowest BCUT2D eigenvalue weighted by molar-refractivity contribution is -0.122. The highest BCUT2D eigenvalue weighted by Gasteiger charge is 2.19. The molecule has 1 N–H and O–H groups in total. The SMILES string of the molecule is COCCNC(=O)CN1CCN(Cc2ccc(Cl)c(Cl)c2)CC1. The third-order valence-electron chi connectivity index (χ3n) is 3.85. The number of nitrogens with one attached hydrogen (secondary N) is 1. The molecule has 0 atom stereocenters. The second kappa shape index (κ2) is 9.45. The van der Waals surface area contributed by atoms with E-state index >= 15 is 0 Å². The molecule has 1 aliphatic heterocycles. The first-order valence-electron chi connectivity index (χ1n) is 7.73. The van der Waals surface area contributed by atoms with Crippen LogP contribution in [0.3, 0.4) is 0 Å². The van der Waals surface area contributed by atoms with Crippen molar-refractivity contribution in [3.63, 3.8) is 0 Å². The van der Waals surface area contributed by atoms with Crippen LogP contribution in [0.25, 0.3) is 0 Å². The van der Waals surface area contributed by atoms with Gasteiger partial charge in [0.1, 0.15) is 0 Å². The number of carbonyl (C=O) groups is 1. The van der Waals surface area contributed by atoms with Gasteiger partial charge in [-0.2, -0.15) is 0 Å². The van der Waals surface area contributed by atoms with E-state index in [0.717, 1.165) is 38.3 Å². The number of carbonyl (C=O) groups excluding carboxylic acids is 1. The van der Waals surface area contributed by atoms with Gasteiger partial charge in [-0.25, -0.2) is 0 Å². The molecule has 1 aromatic rings. The third kappa shape index (κ3) is 6.28. The van der Waals surface area contributed by atoms with E-state index in [1.165, 1.54) is 0 Å². The fourth-order valence-electron chi connectivity index (χ4n) is 2.55. The second-order valence-electron chi connectivity index (χ2n) is 5.64. The minimum atomic E-state index is 0.0555. The first-order valence-corrected chi connectivity index (χ1v) is 8.48. The predicted molar refractivity (Wildman–Crippen MR) is 93.1 cm³/mol. The number of ether oxygens (including phenoxy) is 1. The summed E-state index contributed by atoms with van der Waals surface area (Å²) in [6.07, 6.45) is 0. The van der Waals surface area contributed by atoms with Crippen molar-refractivity contribution < 1.29 is 9.53 Å². The molecule has 0 aliphatic carbocycles. The number of nitrogens with zero attached hydrogens (tertiary/aromatic N) is 2. The number of hydrogen-bond acceptors (Lipinski definition) is 4. The number of halogens is 2. The number of amides is 1. The molecule has 128 valence electrons. The maximum absolute atomic E-state index is 11.8. The molecule has 1 heterocycles. The van der Waals surface area contributed by atoms with E-state index in [-0.39, 0.29) is 5.91 Å². The van der Waals surface area contributed by atoms with Crippen molar-refractivity contribution in [3.05, 3.63) is 33.8 Å². The summed E-state index contributed by atoms with van der Waals surface area (Å²) in [6.45, 7) is 6.06. The first kappa shape index (κ1) is 18.5. The van der Waals surface area contributed by atoms with Crippen molar-refractivity contribution in [2.45, 2.75) is 6.54 Å². The number of hydrogen-bond donors (Lipinski definition) is 1. The molecule has 1 fully saturated rings. The minimum Gasteiger partial charge on any atom is -0.383 e. The molecule has 1 aromatic carbocycles. The van der Waals surface area contributed by atoms with Gasteiger partial charge in [-0.1, -0.05) is 29.3 Å². The molecule has 1 amide bonds. The van der Waals surface area contributed by atoms with Crippen LogP contribution in [0.15, 0.2) is 18.2 Å². The van der Waals surface area contributed by atoms with Crippen LogP contribution in [0, 0.1) is 0 Å². The monoisotopic (exact) mass is 359 g/mol. The van der Waals surface area contributed by atoms with E-state index in [9.17, 15) is 4.79 Å². The molecule has 0 bridgehead atoms. The molecule has 0 spiro atoms. The zero-order chi connectivity index (χ0) is 16.7. The lowest BCUT2D eigenvalue weighted by atomic mass is 10.2. The zero-order valence-corrected chi connectivity index (χ0v) is 14.9. The largest absolute Gasteiger partial charge is 0.383 e. The van der Waals surface area contributed by atoms with E-state index in [2.05, 4.69) is 15.1 Å². The maximum Gasteiger partial charge on any atom is 0.234 e. The van der Waals surface area contributed by atoms with Gasteiger partial charge in [-0.3, -0.25) is 14.6 Å². The van der Waals surface area contributed by atoms with Crippen molar-refractivity contribution in [1.82, 2.24) is 15.1 Å². The Bertz CT molecular complexity index is 520. The zero-order valence-electron chi connectivity index (χ0n) is 13.4. The van der Waals surface area contributed by atoms with Crippen molar-refractivity contribution in [1.29, 1.82) is 0 Å². The summed E-state index contributed by atoms with van der Waals surface area (Å²) in [5.74, 6) is 0.0555. The molecule has 5 nitrogen and oxygen atoms in total. The Morgan fingerprint density at radius 1 is 1.17 bits per heavy atom. The molecular formula is C16H23Cl2N3O2. The van der Waals surface area contributed by atoms with Crippen molar-refractivity contribution in [2.75, 3.05) is 53.0 Å². The van der Waals surface area contributed by atoms with Crippen LogP contribution in [0.1, 0.15) is 5.56 Å². The molecule has 0 unspecified atom stereocenters. The van der Waals surface area contributed by atoms with Gasteiger partial charge < -0.3 is 10.1 Å². The third-order valence-corrected chi connectivity index (χ3v) is 4.59. The van der Waals surface area contributed by atoms with Gasteiger partial charge >= 0.3 is 0 Å². The summed E-state index contributed by atoms with van der Waals surface area (Å²) in [6, 6.07) is 5.75. The molecule has 7 heteroatoms. The quantitative estimate of drug-likeness (QED) is 0.755. The van der Waals surface area contributed by atoms with E-state index in [4.69, 9.17) is 27.9 Å². The molecule has 2 rings (SSSR count). The van der Waals surface area contributed by atoms with Gasteiger partial charge in [0.05, 0.1) is 23.2 Å². The topological polar surface area (TPSA) is 44.8 Å². The average molecular weight is 360 g/mol. The lowest BCUT2D eigenvalue weighted by Crippen LogP contribution is -2.49. The highest BCUT2D eigenvalue weighted by Crippen LogP contribution is 2.23. The predicted octanol–water partition coefficient (Wildman–Crippen LogP) is 1.87. The van der Waals surface area contributed by atoms with E-state index in [1.807, 2.05) is 18.2 Å². The van der Waals surface area contributed by atoms with Crippen LogP contribution in [-0.4, -0.2) is 68.7 Å². The summed E-state index contributed by atoms with van der Waals surface area (Å²) in [5.41, 5.74) is 1.16. The van der Waals surface area contributed by atoms with Crippen molar-refractivity contribution in [2.24, 2.45) is 0 Å². The van der Waals surface area contributed by atoms with Crippen molar-refractivity contribution in [3.8, 4) is 0 Å². The van der Waals surface area contributed by atoms with Crippen LogP contribution in [0.5, 0.6) is 0 Å². The Morgan fingerprint density at radius 2 is 1.87 bits per heavy atom. The molecule has 0 aromatic heterocycles. The van der Waals surface area contributed by atoms with Crippen LogP contribution < -0.4 is 5.32 Å². The standard InChI is InChI=1S/C16H23Cl2N3O2/c1-23-9-4-19-16(22)12-21-7-5-20(6-8-21)11-13-2-3-14(17)15(18)10-13/h2-3,10H,4-9,11-12H2,1H3,(H,19,22). The Morgan fingerprint density at radius 3 is 2.52 bits per heavy atom. The molecule has 1 saturated heterocycles. The molecule has 0 saturated carbocycles. The first-order chi connectivity index (χ1) is 11.1. The minimum absolute atomic E-state index is 0.0555. The summed E-state index contributed by atoms with van der Waals surface area (Å²) in [7, 11) is 1.62.